The molecule has 3 N–H and O–H groups in total. The van der Waals surface area contributed by atoms with E-state index in [-0.39, 0.29) is 5.84 Å². The van der Waals surface area contributed by atoms with Crippen molar-refractivity contribution in [3.05, 3.63) is 30.3 Å². The normalized spacial score (nSPS) is 10.1. The first-order valence-corrected chi connectivity index (χ1v) is 4.82. The summed E-state index contributed by atoms with van der Waals surface area (Å²) in [4.78, 5) is 3.93. The van der Waals surface area contributed by atoms with Crippen molar-refractivity contribution in [1.82, 2.24) is 15.2 Å². The number of amidine groups is 1. The summed E-state index contributed by atoms with van der Waals surface area (Å²) < 4.78 is 5.04. The van der Waals surface area contributed by atoms with Crippen LogP contribution < -0.4 is 5.73 Å². The minimum atomic E-state index is -0.0565. The zero-order valence-electron chi connectivity index (χ0n) is 7.54. The van der Waals surface area contributed by atoms with Gasteiger partial charge in [0.05, 0.1) is 18.0 Å². The van der Waals surface area contributed by atoms with Gasteiger partial charge in [0.25, 0.3) is 5.22 Å². The fourth-order valence-corrected chi connectivity index (χ4v) is 1.70. The van der Waals surface area contributed by atoms with Gasteiger partial charge in [-0.25, -0.2) is 4.98 Å². The average molecular weight is 221 g/mol. The Morgan fingerprint density at radius 3 is 3.00 bits per heavy atom. The van der Waals surface area contributed by atoms with Crippen LogP contribution in [0.25, 0.3) is 0 Å². The molecule has 2 rings (SSSR count). The summed E-state index contributed by atoms with van der Waals surface area (Å²) in [5.74, 6) is -0.0565. The first kappa shape index (κ1) is 9.66. The molecule has 0 bridgehead atoms. The maximum Gasteiger partial charge on any atom is 0.262 e. The van der Waals surface area contributed by atoms with E-state index in [1.807, 2.05) is 0 Å². The van der Waals surface area contributed by atoms with Crippen molar-refractivity contribution in [2.75, 3.05) is 0 Å². The Bertz CT molecular complexity index is 470. The van der Waals surface area contributed by atoms with E-state index in [0.717, 1.165) is 0 Å². The van der Waals surface area contributed by atoms with Gasteiger partial charge in [-0.1, -0.05) is 0 Å². The zero-order chi connectivity index (χ0) is 10.7. The monoisotopic (exact) mass is 221 g/mol. The van der Waals surface area contributed by atoms with Crippen molar-refractivity contribution < 1.29 is 4.42 Å². The van der Waals surface area contributed by atoms with Gasteiger partial charge >= 0.3 is 0 Å². The van der Waals surface area contributed by atoms with Crippen LogP contribution in [0.3, 0.4) is 0 Å². The quantitative estimate of drug-likeness (QED) is 0.589. The number of nitrogen functional groups attached to an aromatic ring is 1. The van der Waals surface area contributed by atoms with Gasteiger partial charge in [-0.05, 0) is 17.8 Å². The van der Waals surface area contributed by atoms with Gasteiger partial charge in [0.1, 0.15) is 17.1 Å². The number of nitrogens with two attached hydrogens (primary N) is 1. The van der Waals surface area contributed by atoms with Gasteiger partial charge in [-0.2, -0.15) is 5.10 Å². The molecule has 2 aromatic heterocycles. The molecule has 76 valence electrons. The Kier molecular flexibility index (Phi) is 2.64. The second-order valence-corrected chi connectivity index (χ2v) is 3.50. The number of oxazole rings is 1. The lowest BCUT2D eigenvalue weighted by atomic mass is 10.3. The Labute approximate surface area is 89.4 Å². The zero-order valence-corrected chi connectivity index (χ0v) is 8.36. The summed E-state index contributed by atoms with van der Waals surface area (Å²) in [6, 6.07) is 1.63. The Morgan fingerprint density at radius 1 is 1.47 bits per heavy atom. The fraction of sp³-hybridized carbons (Fsp3) is 0. The van der Waals surface area contributed by atoms with Crippen molar-refractivity contribution in [2.24, 2.45) is 5.73 Å². The summed E-state index contributed by atoms with van der Waals surface area (Å²) in [6.07, 6.45) is 4.48. The molecule has 2 aromatic rings. The Balaban J connectivity index is 2.32. The highest BCUT2D eigenvalue weighted by Crippen LogP contribution is 2.26. The van der Waals surface area contributed by atoms with Crippen molar-refractivity contribution in [2.45, 2.75) is 10.2 Å². The van der Waals surface area contributed by atoms with E-state index in [1.165, 1.54) is 30.4 Å². The van der Waals surface area contributed by atoms with Gasteiger partial charge in [0.15, 0.2) is 0 Å². The predicted molar refractivity (Wildman–Crippen MR) is 53.7 cm³/mol. The fourth-order valence-electron chi connectivity index (χ4n) is 0.943. The van der Waals surface area contributed by atoms with Gasteiger partial charge in [-0.15, -0.1) is 5.10 Å². The molecule has 7 heteroatoms. The molecule has 0 radical (unpaired) electrons. The number of aromatic nitrogens is 3. The van der Waals surface area contributed by atoms with E-state index in [4.69, 9.17) is 15.6 Å². The molecule has 0 spiro atoms. The number of nitrogens with one attached hydrogen (secondary N) is 1. The van der Waals surface area contributed by atoms with Crippen molar-refractivity contribution in [1.29, 1.82) is 5.41 Å². The van der Waals surface area contributed by atoms with E-state index >= 15 is 0 Å². The van der Waals surface area contributed by atoms with Gasteiger partial charge in [0, 0.05) is 0 Å². The molecule has 0 aliphatic carbocycles. The second kappa shape index (κ2) is 4.09. The molecule has 0 aromatic carbocycles. The molecule has 15 heavy (non-hydrogen) atoms. The topological polar surface area (TPSA) is 102 Å². The minimum Gasteiger partial charge on any atom is -0.440 e. The van der Waals surface area contributed by atoms with E-state index in [9.17, 15) is 0 Å². The van der Waals surface area contributed by atoms with E-state index in [0.29, 0.717) is 15.8 Å². The maximum atomic E-state index is 7.35. The lowest BCUT2D eigenvalue weighted by molar-refractivity contribution is 0.453. The molecule has 0 saturated carbocycles. The Hall–Kier alpha value is -1.89. The molecule has 0 aliphatic heterocycles. The summed E-state index contributed by atoms with van der Waals surface area (Å²) in [5, 5.41) is 15.9. The second-order valence-electron chi connectivity index (χ2n) is 2.56. The number of rotatable bonds is 3. The third kappa shape index (κ3) is 2.13. The molecular weight excluding hydrogens is 214 g/mol. The van der Waals surface area contributed by atoms with Crippen LogP contribution in [0.2, 0.25) is 0 Å². The summed E-state index contributed by atoms with van der Waals surface area (Å²) in [6.45, 7) is 0. The predicted octanol–water partition coefficient (Wildman–Crippen LogP) is 0.900. The molecular formula is C8H7N5OS. The SMILES string of the molecule is N=C(N)c1ccnnc1Sc1ncco1. The van der Waals surface area contributed by atoms with E-state index in [1.54, 1.807) is 6.07 Å². The van der Waals surface area contributed by atoms with Gasteiger partial charge in [-0.3, -0.25) is 5.41 Å². The first-order valence-electron chi connectivity index (χ1n) is 4.01. The number of hydrogen-bond acceptors (Lipinski definition) is 6. The highest BCUT2D eigenvalue weighted by Gasteiger charge is 2.10. The van der Waals surface area contributed by atoms with Crippen LogP contribution in [0.15, 0.2) is 39.4 Å². The molecule has 6 nitrogen and oxygen atoms in total. The lowest BCUT2D eigenvalue weighted by Gasteiger charge is -2.01. The highest BCUT2D eigenvalue weighted by molar-refractivity contribution is 7.99. The molecule has 0 fully saturated rings. The Morgan fingerprint density at radius 2 is 2.33 bits per heavy atom. The number of hydrogen-bond donors (Lipinski definition) is 2. The van der Waals surface area contributed by atoms with Crippen LogP contribution in [-0.2, 0) is 0 Å². The van der Waals surface area contributed by atoms with Crippen LogP contribution >= 0.6 is 11.8 Å². The highest BCUT2D eigenvalue weighted by atomic mass is 32.2. The summed E-state index contributed by atoms with van der Waals surface area (Å²) >= 11 is 1.18. The van der Waals surface area contributed by atoms with Crippen molar-refractivity contribution in [3.8, 4) is 0 Å². The van der Waals surface area contributed by atoms with Crippen LogP contribution in [0, 0.1) is 5.41 Å². The minimum absolute atomic E-state index is 0.0565. The maximum absolute atomic E-state index is 7.35. The van der Waals surface area contributed by atoms with Crippen LogP contribution in [0.5, 0.6) is 0 Å². The molecule has 0 atom stereocenters. The lowest BCUT2D eigenvalue weighted by Crippen LogP contribution is -2.13. The molecule has 0 aliphatic rings. The third-order valence-corrected chi connectivity index (χ3v) is 2.44. The van der Waals surface area contributed by atoms with Crippen LogP contribution in [-0.4, -0.2) is 21.0 Å². The molecule has 0 unspecified atom stereocenters. The first-order chi connectivity index (χ1) is 7.27. The van der Waals surface area contributed by atoms with E-state index < -0.39 is 0 Å². The summed E-state index contributed by atoms with van der Waals surface area (Å²) in [5.41, 5.74) is 5.92. The standard InChI is InChI=1S/C8H7N5OS/c9-6(10)5-1-2-12-13-7(5)15-8-11-3-4-14-8/h1-4H,(H3,9,10). The molecule has 0 amide bonds. The van der Waals surface area contributed by atoms with Crippen LogP contribution in [0.1, 0.15) is 5.56 Å². The van der Waals surface area contributed by atoms with Crippen LogP contribution in [0.4, 0.5) is 0 Å². The van der Waals surface area contributed by atoms with Crippen molar-refractivity contribution in [3.63, 3.8) is 0 Å². The van der Waals surface area contributed by atoms with Gasteiger partial charge < -0.3 is 10.2 Å². The molecule has 2 heterocycles. The number of nitrogens with zero attached hydrogens (tertiary/aromatic N) is 3. The molecule has 0 saturated heterocycles. The third-order valence-electron chi connectivity index (χ3n) is 1.57. The smallest absolute Gasteiger partial charge is 0.262 e. The average Bonchev–Trinajstić information content (AvgIpc) is 2.71. The van der Waals surface area contributed by atoms with Crippen molar-refractivity contribution >= 4 is 17.6 Å². The van der Waals surface area contributed by atoms with Gasteiger partial charge in [0.2, 0.25) is 0 Å². The summed E-state index contributed by atoms with van der Waals surface area (Å²) in [7, 11) is 0. The van der Waals surface area contributed by atoms with E-state index in [2.05, 4.69) is 15.2 Å². The largest absolute Gasteiger partial charge is 0.440 e.